The zero-order valence-corrected chi connectivity index (χ0v) is 17.4. The minimum absolute atomic E-state index is 0.00741. The quantitative estimate of drug-likeness (QED) is 0.334. The molecule has 4 rings (SSSR count). The minimum Gasteiger partial charge on any atom is -0.496 e. The SMILES string of the molecule is COc1ccccc1-c1nnc(SCc2c(F)cccc2F)n1-c1ccc(Cl)cc1. The van der Waals surface area contributed by atoms with Crippen LogP contribution < -0.4 is 4.74 Å². The molecule has 0 spiro atoms. The molecule has 0 amide bonds. The van der Waals surface area contributed by atoms with Gasteiger partial charge in [-0.2, -0.15) is 0 Å². The summed E-state index contributed by atoms with van der Waals surface area (Å²) in [4.78, 5) is 0. The summed E-state index contributed by atoms with van der Waals surface area (Å²) >= 11 is 7.24. The van der Waals surface area contributed by atoms with Crippen molar-refractivity contribution in [3.05, 3.63) is 89.0 Å². The summed E-state index contributed by atoms with van der Waals surface area (Å²) in [6.45, 7) is 0. The van der Waals surface area contributed by atoms with E-state index in [-0.39, 0.29) is 11.3 Å². The molecule has 0 aliphatic heterocycles. The molecule has 0 N–H and O–H groups in total. The van der Waals surface area contributed by atoms with Crippen LogP contribution in [0.15, 0.2) is 71.9 Å². The molecule has 0 aliphatic rings. The van der Waals surface area contributed by atoms with Crippen molar-refractivity contribution in [3.63, 3.8) is 0 Å². The number of methoxy groups -OCH3 is 1. The highest BCUT2D eigenvalue weighted by atomic mass is 35.5. The molecule has 0 radical (unpaired) electrons. The van der Waals surface area contributed by atoms with E-state index in [4.69, 9.17) is 16.3 Å². The van der Waals surface area contributed by atoms with Crippen LogP contribution in [0.5, 0.6) is 5.75 Å². The zero-order chi connectivity index (χ0) is 21.1. The third-order valence-electron chi connectivity index (χ3n) is 4.47. The predicted molar refractivity (Wildman–Crippen MR) is 114 cm³/mol. The molecule has 0 saturated heterocycles. The van der Waals surface area contributed by atoms with Crippen molar-refractivity contribution >= 4 is 23.4 Å². The Balaban J connectivity index is 1.79. The van der Waals surface area contributed by atoms with Crippen LogP contribution in [0.2, 0.25) is 5.02 Å². The van der Waals surface area contributed by atoms with Crippen LogP contribution in [0.4, 0.5) is 8.78 Å². The number of aromatic nitrogens is 3. The lowest BCUT2D eigenvalue weighted by Gasteiger charge is -2.13. The highest BCUT2D eigenvalue weighted by Crippen LogP contribution is 2.34. The summed E-state index contributed by atoms with van der Waals surface area (Å²) in [6.07, 6.45) is 0. The molecule has 0 unspecified atom stereocenters. The van der Waals surface area contributed by atoms with Crippen LogP contribution >= 0.6 is 23.4 Å². The van der Waals surface area contributed by atoms with Crippen LogP contribution in [0.25, 0.3) is 17.1 Å². The molecule has 152 valence electrons. The van der Waals surface area contributed by atoms with Crippen molar-refractivity contribution in [2.45, 2.75) is 10.9 Å². The van der Waals surface area contributed by atoms with Crippen molar-refractivity contribution in [3.8, 4) is 22.8 Å². The lowest BCUT2D eigenvalue weighted by Crippen LogP contribution is -2.01. The number of benzene rings is 3. The zero-order valence-electron chi connectivity index (χ0n) is 15.8. The predicted octanol–water partition coefficient (Wildman–Crippen LogP) is 6.17. The normalized spacial score (nSPS) is 10.9. The number of rotatable bonds is 6. The van der Waals surface area contributed by atoms with E-state index in [0.29, 0.717) is 21.8 Å². The number of hydrogen-bond acceptors (Lipinski definition) is 4. The Morgan fingerprint density at radius 2 is 1.63 bits per heavy atom. The Kier molecular flexibility index (Phi) is 6.01. The van der Waals surface area contributed by atoms with Gasteiger partial charge in [0.2, 0.25) is 0 Å². The van der Waals surface area contributed by atoms with E-state index in [9.17, 15) is 8.78 Å². The summed E-state index contributed by atoms with van der Waals surface area (Å²) < 4.78 is 35.4. The van der Waals surface area contributed by atoms with Crippen molar-refractivity contribution in [1.29, 1.82) is 0 Å². The molecule has 0 aliphatic carbocycles. The first-order chi connectivity index (χ1) is 14.6. The van der Waals surface area contributed by atoms with Gasteiger partial charge >= 0.3 is 0 Å². The van der Waals surface area contributed by atoms with Gasteiger partial charge in [0, 0.05) is 22.0 Å². The molecule has 8 heteroatoms. The third-order valence-corrected chi connectivity index (χ3v) is 5.68. The molecule has 3 aromatic carbocycles. The lowest BCUT2D eigenvalue weighted by atomic mass is 10.2. The molecule has 1 heterocycles. The topological polar surface area (TPSA) is 39.9 Å². The Morgan fingerprint density at radius 3 is 2.33 bits per heavy atom. The van der Waals surface area contributed by atoms with Gasteiger partial charge in [-0.25, -0.2) is 8.78 Å². The number of hydrogen-bond donors (Lipinski definition) is 0. The second-order valence-electron chi connectivity index (χ2n) is 6.31. The van der Waals surface area contributed by atoms with E-state index in [0.717, 1.165) is 11.3 Å². The maximum absolute atomic E-state index is 14.1. The van der Waals surface area contributed by atoms with Crippen LogP contribution in [0.3, 0.4) is 0 Å². The molecule has 30 heavy (non-hydrogen) atoms. The van der Waals surface area contributed by atoms with Crippen LogP contribution in [0.1, 0.15) is 5.56 Å². The third kappa shape index (κ3) is 4.04. The Morgan fingerprint density at radius 1 is 0.933 bits per heavy atom. The number of para-hydroxylation sites is 1. The Bertz CT molecular complexity index is 1160. The summed E-state index contributed by atoms with van der Waals surface area (Å²) in [7, 11) is 1.58. The monoisotopic (exact) mass is 443 g/mol. The van der Waals surface area contributed by atoms with Gasteiger partial charge in [-0.15, -0.1) is 10.2 Å². The highest BCUT2D eigenvalue weighted by molar-refractivity contribution is 7.98. The van der Waals surface area contributed by atoms with Gasteiger partial charge in [-0.05, 0) is 48.5 Å². The van der Waals surface area contributed by atoms with E-state index < -0.39 is 11.6 Å². The summed E-state index contributed by atoms with van der Waals surface area (Å²) in [6, 6.07) is 18.4. The van der Waals surface area contributed by atoms with Crippen LogP contribution in [-0.4, -0.2) is 21.9 Å². The van der Waals surface area contributed by atoms with Gasteiger partial charge in [0.25, 0.3) is 0 Å². The lowest BCUT2D eigenvalue weighted by molar-refractivity contribution is 0.416. The number of nitrogens with zero attached hydrogens (tertiary/aromatic N) is 3. The summed E-state index contributed by atoms with van der Waals surface area (Å²) in [5, 5.41) is 9.70. The van der Waals surface area contributed by atoms with Crippen molar-refractivity contribution in [2.75, 3.05) is 7.11 Å². The summed E-state index contributed by atoms with van der Waals surface area (Å²) in [5.41, 5.74) is 1.50. The maximum atomic E-state index is 14.1. The van der Waals surface area contributed by atoms with Crippen molar-refractivity contribution in [1.82, 2.24) is 14.8 Å². The number of halogens is 3. The first kappa shape index (κ1) is 20.4. The van der Waals surface area contributed by atoms with Gasteiger partial charge in [0.15, 0.2) is 11.0 Å². The molecule has 0 saturated carbocycles. The average molecular weight is 444 g/mol. The standard InChI is InChI=1S/C22H16ClF2N3OS/c1-29-20-8-3-2-5-16(20)21-26-27-22(28(21)15-11-9-14(23)10-12-15)30-13-17-18(24)6-4-7-19(17)25/h2-12H,13H2,1H3. The molecule has 4 nitrogen and oxygen atoms in total. The van der Waals surface area contributed by atoms with Crippen LogP contribution in [0, 0.1) is 11.6 Å². The van der Waals surface area contributed by atoms with Gasteiger partial charge in [-0.1, -0.05) is 41.6 Å². The fourth-order valence-corrected chi connectivity index (χ4v) is 4.09. The Hall–Kier alpha value is -2.90. The Labute approximate surface area is 181 Å². The smallest absolute Gasteiger partial charge is 0.196 e. The highest BCUT2D eigenvalue weighted by Gasteiger charge is 2.20. The molecule has 0 bridgehead atoms. The minimum atomic E-state index is -0.593. The molecular weight excluding hydrogens is 428 g/mol. The number of ether oxygens (including phenoxy) is 1. The van der Waals surface area contributed by atoms with Crippen LogP contribution in [-0.2, 0) is 5.75 Å². The molecular formula is C22H16ClF2N3OS. The molecule has 0 atom stereocenters. The fraction of sp³-hybridized carbons (Fsp3) is 0.0909. The van der Waals surface area contributed by atoms with E-state index in [2.05, 4.69) is 10.2 Å². The van der Waals surface area contributed by atoms with E-state index in [1.165, 1.54) is 30.0 Å². The van der Waals surface area contributed by atoms with E-state index >= 15 is 0 Å². The second-order valence-corrected chi connectivity index (χ2v) is 7.69. The van der Waals surface area contributed by atoms with E-state index in [1.807, 2.05) is 41.0 Å². The van der Waals surface area contributed by atoms with Gasteiger partial charge in [-0.3, -0.25) is 4.57 Å². The molecule has 4 aromatic rings. The first-order valence-corrected chi connectivity index (χ1v) is 10.4. The van der Waals surface area contributed by atoms with Gasteiger partial charge in [0.1, 0.15) is 17.4 Å². The second kappa shape index (κ2) is 8.85. The maximum Gasteiger partial charge on any atom is 0.196 e. The summed E-state index contributed by atoms with van der Waals surface area (Å²) in [5.74, 6) is 0.0639. The molecule has 0 fully saturated rings. The van der Waals surface area contributed by atoms with Gasteiger partial charge < -0.3 is 4.74 Å². The fourth-order valence-electron chi connectivity index (χ4n) is 3.00. The largest absolute Gasteiger partial charge is 0.496 e. The molecule has 1 aromatic heterocycles. The van der Waals surface area contributed by atoms with Crippen molar-refractivity contribution in [2.24, 2.45) is 0 Å². The average Bonchev–Trinajstić information content (AvgIpc) is 3.17. The van der Waals surface area contributed by atoms with E-state index in [1.54, 1.807) is 19.2 Å². The first-order valence-electron chi connectivity index (χ1n) is 8.99. The number of thioether (sulfide) groups is 1. The van der Waals surface area contributed by atoms with Gasteiger partial charge in [0.05, 0.1) is 12.7 Å². The van der Waals surface area contributed by atoms with Crippen molar-refractivity contribution < 1.29 is 13.5 Å².